The number of aliphatic hydroxyl groups excluding tert-OH is 1. The molecule has 0 bridgehead atoms. The minimum absolute atomic E-state index is 0.442. The van der Waals surface area contributed by atoms with Gasteiger partial charge < -0.3 is 9.84 Å². The number of aliphatic hydroxyl groups is 1. The highest BCUT2D eigenvalue weighted by Crippen LogP contribution is 2.25. The van der Waals surface area contributed by atoms with Gasteiger partial charge in [0, 0.05) is 26.5 Å². The zero-order valence-corrected chi connectivity index (χ0v) is 8.39. The second-order valence-corrected chi connectivity index (χ2v) is 3.90. The topological polar surface area (TPSA) is 47.3 Å². The van der Waals surface area contributed by atoms with Crippen LogP contribution in [0.2, 0.25) is 0 Å². The van der Waals surface area contributed by atoms with Crippen LogP contribution in [0.25, 0.3) is 0 Å². The lowest BCUT2D eigenvalue weighted by Gasteiger charge is -2.11. The summed E-state index contributed by atoms with van der Waals surface area (Å²) in [7, 11) is 1.86. The van der Waals surface area contributed by atoms with E-state index in [1.807, 2.05) is 19.3 Å². The van der Waals surface area contributed by atoms with E-state index in [1.165, 1.54) is 0 Å². The summed E-state index contributed by atoms with van der Waals surface area (Å²) in [6.07, 6.45) is 3.23. The molecule has 2 atom stereocenters. The summed E-state index contributed by atoms with van der Waals surface area (Å²) in [4.78, 5) is 0. The summed E-state index contributed by atoms with van der Waals surface area (Å²) in [5.41, 5.74) is 0.763. The normalized spacial score (nSPS) is 24.0. The summed E-state index contributed by atoms with van der Waals surface area (Å²) in [6, 6.07) is 1.86. The van der Waals surface area contributed by atoms with Crippen molar-refractivity contribution in [3.8, 4) is 0 Å². The van der Waals surface area contributed by atoms with Crippen LogP contribution < -0.4 is 0 Å². The van der Waals surface area contributed by atoms with Crippen molar-refractivity contribution in [3.63, 3.8) is 0 Å². The van der Waals surface area contributed by atoms with Gasteiger partial charge in [-0.3, -0.25) is 4.68 Å². The van der Waals surface area contributed by atoms with Crippen LogP contribution in [-0.4, -0.2) is 28.1 Å². The van der Waals surface area contributed by atoms with Crippen LogP contribution in [0.15, 0.2) is 12.3 Å². The third kappa shape index (κ3) is 2.13. The molecule has 1 aromatic heterocycles. The first-order valence-corrected chi connectivity index (χ1v) is 5.01. The molecule has 0 amide bonds. The molecule has 2 rings (SSSR count). The van der Waals surface area contributed by atoms with E-state index in [0.29, 0.717) is 5.92 Å². The Bertz CT molecular complexity index is 292. The number of rotatable bonds is 3. The van der Waals surface area contributed by atoms with Crippen LogP contribution in [0.5, 0.6) is 0 Å². The number of hydrogen-bond acceptors (Lipinski definition) is 3. The molecule has 78 valence electrons. The minimum Gasteiger partial charge on any atom is -0.387 e. The molecule has 1 aromatic rings. The highest BCUT2D eigenvalue weighted by Gasteiger charge is 2.21. The average Bonchev–Trinajstić information content (AvgIpc) is 2.75. The van der Waals surface area contributed by atoms with Crippen molar-refractivity contribution in [3.05, 3.63) is 18.0 Å². The summed E-state index contributed by atoms with van der Waals surface area (Å²) in [5, 5.41) is 14.0. The number of nitrogens with zero attached hydrogens (tertiary/aromatic N) is 2. The molecule has 0 radical (unpaired) electrons. The fourth-order valence-corrected chi connectivity index (χ4v) is 1.82. The molecule has 1 saturated heterocycles. The van der Waals surface area contributed by atoms with Gasteiger partial charge >= 0.3 is 0 Å². The lowest BCUT2D eigenvalue weighted by molar-refractivity contribution is 0.126. The Kier molecular flexibility index (Phi) is 2.84. The molecule has 1 aliphatic heterocycles. The van der Waals surface area contributed by atoms with E-state index in [4.69, 9.17) is 4.74 Å². The highest BCUT2D eigenvalue weighted by molar-refractivity contribution is 5.02. The van der Waals surface area contributed by atoms with Crippen LogP contribution in [0, 0.1) is 5.92 Å². The molecular formula is C10H16N2O2. The Morgan fingerprint density at radius 2 is 2.64 bits per heavy atom. The van der Waals surface area contributed by atoms with E-state index in [1.54, 1.807) is 4.68 Å². The Morgan fingerprint density at radius 3 is 3.21 bits per heavy atom. The van der Waals surface area contributed by atoms with Gasteiger partial charge in [-0.05, 0) is 24.8 Å². The van der Waals surface area contributed by atoms with Crippen LogP contribution in [0.4, 0.5) is 0 Å². The predicted molar refractivity (Wildman–Crippen MR) is 51.7 cm³/mol. The Hall–Kier alpha value is -0.870. The molecule has 0 aliphatic carbocycles. The average molecular weight is 196 g/mol. The van der Waals surface area contributed by atoms with E-state index in [2.05, 4.69) is 5.10 Å². The fraction of sp³-hybridized carbons (Fsp3) is 0.700. The summed E-state index contributed by atoms with van der Waals surface area (Å²) >= 11 is 0. The molecule has 0 aromatic carbocycles. The smallest absolute Gasteiger partial charge is 0.0981 e. The monoisotopic (exact) mass is 196 g/mol. The molecule has 0 saturated carbocycles. The molecule has 4 nitrogen and oxygen atoms in total. The molecule has 14 heavy (non-hydrogen) atoms. The van der Waals surface area contributed by atoms with Crippen molar-refractivity contribution in [2.75, 3.05) is 13.2 Å². The third-order valence-electron chi connectivity index (χ3n) is 2.66. The molecule has 2 unspecified atom stereocenters. The van der Waals surface area contributed by atoms with Crippen molar-refractivity contribution in [1.82, 2.24) is 9.78 Å². The Labute approximate surface area is 83.5 Å². The molecular weight excluding hydrogens is 180 g/mol. The van der Waals surface area contributed by atoms with Gasteiger partial charge in [0.05, 0.1) is 11.8 Å². The van der Waals surface area contributed by atoms with E-state index >= 15 is 0 Å². The first kappa shape index (κ1) is 9.68. The highest BCUT2D eigenvalue weighted by atomic mass is 16.5. The zero-order chi connectivity index (χ0) is 9.97. The number of ether oxygens (including phenoxy) is 1. The van der Waals surface area contributed by atoms with Gasteiger partial charge in [-0.1, -0.05) is 0 Å². The quantitative estimate of drug-likeness (QED) is 0.780. The van der Waals surface area contributed by atoms with Crippen LogP contribution >= 0.6 is 0 Å². The van der Waals surface area contributed by atoms with Crippen LogP contribution in [0.3, 0.4) is 0 Å². The van der Waals surface area contributed by atoms with E-state index in [0.717, 1.165) is 31.7 Å². The maximum absolute atomic E-state index is 9.86. The van der Waals surface area contributed by atoms with Crippen molar-refractivity contribution >= 4 is 0 Å². The standard InChI is InChI=1S/C10H16N2O2/c1-12-4-2-9(11-12)10(13)6-8-3-5-14-7-8/h2,4,8,10,13H,3,5-7H2,1H3. The number of aromatic nitrogens is 2. The van der Waals surface area contributed by atoms with E-state index in [-0.39, 0.29) is 0 Å². The van der Waals surface area contributed by atoms with Gasteiger partial charge in [0.2, 0.25) is 0 Å². The molecule has 2 heterocycles. The third-order valence-corrected chi connectivity index (χ3v) is 2.66. The van der Waals surface area contributed by atoms with Crippen molar-refractivity contribution in [1.29, 1.82) is 0 Å². The van der Waals surface area contributed by atoms with Crippen molar-refractivity contribution in [2.24, 2.45) is 13.0 Å². The summed E-state index contributed by atoms with van der Waals surface area (Å²) in [5.74, 6) is 0.493. The van der Waals surface area contributed by atoms with Gasteiger partial charge in [0.15, 0.2) is 0 Å². The summed E-state index contributed by atoms with van der Waals surface area (Å²) < 4.78 is 6.97. The Morgan fingerprint density at radius 1 is 1.79 bits per heavy atom. The molecule has 1 fully saturated rings. The first-order valence-electron chi connectivity index (χ1n) is 5.01. The maximum atomic E-state index is 9.86. The second kappa shape index (κ2) is 4.11. The SMILES string of the molecule is Cn1ccc(C(O)CC2CCOC2)n1. The predicted octanol–water partition coefficient (Wildman–Crippen LogP) is 0.880. The Balaban J connectivity index is 1.91. The van der Waals surface area contributed by atoms with Crippen LogP contribution in [0.1, 0.15) is 24.6 Å². The minimum atomic E-state index is -0.442. The van der Waals surface area contributed by atoms with E-state index < -0.39 is 6.10 Å². The van der Waals surface area contributed by atoms with Gasteiger partial charge in [-0.25, -0.2) is 0 Å². The van der Waals surface area contributed by atoms with Gasteiger partial charge in [-0.15, -0.1) is 0 Å². The van der Waals surface area contributed by atoms with Gasteiger partial charge in [0.25, 0.3) is 0 Å². The summed E-state index contributed by atoms with van der Waals surface area (Å²) in [6.45, 7) is 1.61. The molecule has 1 N–H and O–H groups in total. The molecule has 4 heteroatoms. The molecule has 1 aliphatic rings. The van der Waals surface area contributed by atoms with Gasteiger partial charge in [0.1, 0.15) is 0 Å². The van der Waals surface area contributed by atoms with Crippen LogP contribution in [-0.2, 0) is 11.8 Å². The van der Waals surface area contributed by atoms with Crippen molar-refractivity contribution < 1.29 is 9.84 Å². The number of hydrogen-bond donors (Lipinski definition) is 1. The lowest BCUT2D eigenvalue weighted by atomic mass is 9.99. The first-order chi connectivity index (χ1) is 6.75. The van der Waals surface area contributed by atoms with E-state index in [9.17, 15) is 5.11 Å². The lowest BCUT2D eigenvalue weighted by Crippen LogP contribution is -2.08. The second-order valence-electron chi connectivity index (χ2n) is 3.90. The number of aryl methyl sites for hydroxylation is 1. The molecule has 0 spiro atoms. The van der Waals surface area contributed by atoms with Crippen molar-refractivity contribution in [2.45, 2.75) is 18.9 Å². The largest absolute Gasteiger partial charge is 0.387 e. The van der Waals surface area contributed by atoms with Gasteiger partial charge in [-0.2, -0.15) is 5.10 Å². The fourth-order valence-electron chi connectivity index (χ4n) is 1.82. The maximum Gasteiger partial charge on any atom is 0.0981 e. The zero-order valence-electron chi connectivity index (χ0n) is 8.39.